The van der Waals surface area contributed by atoms with Crippen LogP contribution in [0.5, 0.6) is 5.75 Å². The third kappa shape index (κ3) is 3.39. The maximum Gasteiger partial charge on any atom is 0.256 e. The molecule has 1 aliphatic rings. The lowest BCUT2D eigenvalue weighted by Gasteiger charge is -2.33. The number of piperidine rings is 1. The van der Waals surface area contributed by atoms with E-state index in [2.05, 4.69) is 0 Å². The van der Waals surface area contributed by atoms with Crippen molar-refractivity contribution in [2.24, 2.45) is 11.7 Å². The van der Waals surface area contributed by atoms with Gasteiger partial charge in [0.05, 0.1) is 13.0 Å². The predicted octanol–water partition coefficient (Wildman–Crippen LogP) is 1.11. The Labute approximate surface area is 130 Å². The fourth-order valence-electron chi connectivity index (χ4n) is 2.82. The van der Waals surface area contributed by atoms with Gasteiger partial charge in [-0.05, 0) is 18.9 Å². The van der Waals surface area contributed by atoms with E-state index in [1.165, 1.54) is 7.11 Å². The zero-order chi connectivity index (χ0) is 16.1. The van der Waals surface area contributed by atoms with Crippen LogP contribution >= 0.6 is 0 Å². The summed E-state index contributed by atoms with van der Waals surface area (Å²) in [5, 5.41) is 0. The lowest BCUT2D eigenvalue weighted by Crippen LogP contribution is -2.46. The number of hydrogen-bond acceptors (Lipinski definition) is 4. The molecular weight excluding hydrogens is 284 g/mol. The number of hydrogen-bond donors (Lipinski definition) is 1. The van der Waals surface area contributed by atoms with Crippen LogP contribution in [-0.4, -0.2) is 44.0 Å². The van der Waals surface area contributed by atoms with Gasteiger partial charge in [-0.1, -0.05) is 18.2 Å². The van der Waals surface area contributed by atoms with Gasteiger partial charge in [0.2, 0.25) is 5.91 Å². The molecule has 0 unspecified atom stereocenters. The van der Waals surface area contributed by atoms with Gasteiger partial charge in [0.25, 0.3) is 5.91 Å². The first-order chi connectivity index (χ1) is 10.6. The Bertz CT molecular complexity index is 547. The molecule has 0 saturated carbocycles. The number of primary amides is 1. The molecule has 2 atom stereocenters. The maximum absolute atomic E-state index is 12.8. The van der Waals surface area contributed by atoms with Gasteiger partial charge in [-0.2, -0.15) is 0 Å². The van der Waals surface area contributed by atoms with Gasteiger partial charge in [-0.25, -0.2) is 0 Å². The fraction of sp³-hybridized carbons (Fsp3) is 0.500. The fourth-order valence-corrected chi connectivity index (χ4v) is 2.82. The number of methoxy groups -OCH3 is 2. The number of ether oxygens (including phenoxy) is 2. The van der Waals surface area contributed by atoms with Crippen LogP contribution in [-0.2, 0) is 14.3 Å². The predicted molar refractivity (Wildman–Crippen MR) is 81.2 cm³/mol. The van der Waals surface area contributed by atoms with Gasteiger partial charge in [-0.3, -0.25) is 9.59 Å². The van der Waals surface area contributed by atoms with Crippen molar-refractivity contribution in [3.05, 3.63) is 29.8 Å². The number of nitrogens with two attached hydrogens (primary N) is 1. The summed E-state index contributed by atoms with van der Waals surface area (Å²) in [6.45, 7) is 0.959. The largest absolute Gasteiger partial charge is 0.496 e. The number of carbonyl (C=O) groups excluding carboxylic acids is 2. The second-order valence-electron chi connectivity index (χ2n) is 5.38. The minimum absolute atomic E-state index is 0.169. The first-order valence-electron chi connectivity index (χ1n) is 7.32. The molecule has 1 aromatic carbocycles. The van der Waals surface area contributed by atoms with Gasteiger partial charge in [0.15, 0.2) is 6.10 Å². The van der Waals surface area contributed by atoms with E-state index >= 15 is 0 Å². The minimum Gasteiger partial charge on any atom is -0.496 e. The minimum atomic E-state index is -0.747. The summed E-state index contributed by atoms with van der Waals surface area (Å²) >= 11 is 0. The smallest absolute Gasteiger partial charge is 0.256 e. The highest BCUT2D eigenvalue weighted by Crippen LogP contribution is 2.30. The molecule has 22 heavy (non-hydrogen) atoms. The van der Waals surface area contributed by atoms with Crippen molar-refractivity contribution in [1.29, 1.82) is 0 Å². The third-order valence-corrected chi connectivity index (χ3v) is 4.02. The molecule has 0 bridgehead atoms. The maximum atomic E-state index is 12.8. The highest BCUT2D eigenvalue weighted by atomic mass is 16.5. The summed E-state index contributed by atoms with van der Waals surface area (Å²) in [5.41, 5.74) is 6.05. The second-order valence-corrected chi connectivity index (χ2v) is 5.38. The van der Waals surface area contributed by atoms with Crippen LogP contribution in [0.4, 0.5) is 0 Å². The lowest BCUT2D eigenvalue weighted by molar-refractivity contribution is -0.145. The van der Waals surface area contributed by atoms with Gasteiger partial charge in [0, 0.05) is 25.8 Å². The quantitative estimate of drug-likeness (QED) is 0.883. The van der Waals surface area contributed by atoms with Crippen molar-refractivity contribution in [1.82, 2.24) is 4.90 Å². The zero-order valence-electron chi connectivity index (χ0n) is 13.0. The van der Waals surface area contributed by atoms with Crippen molar-refractivity contribution in [3.63, 3.8) is 0 Å². The average Bonchev–Trinajstić information content (AvgIpc) is 2.56. The molecule has 1 aromatic rings. The number of para-hydroxylation sites is 1. The molecule has 6 nitrogen and oxygen atoms in total. The molecule has 6 heteroatoms. The van der Waals surface area contributed by atoms with Crippen molar-refractivity contribution >= 4 is 11.8 Å². The van der Waals surface area contributed by atoms with E-state index in [1.54, 1.807) is 24.1 Å². The first-order valence-corrected chi connectivity index (χ1v) is 7.32. The molecule has 2 N–H and O–H groups in total. The standard InChI is InChI=1S/C16H22N2O4/c1-21-13-8-4-3-7-12(13)14(22-2)16(20)18-9-5-6-11(10-18)15(17)19/h3-4,7-8,11,14H,5-6,9-10H2,1-2H3,(H2,17,19)/t11-,14+/m0/s1. The summed E-state index contributed by atoms with van der Waals surface area (Å²) in [6.07, 6.45) is 0.746. The van der Waals surface area contributed by atoms with Crippen LogP contribution in [0.15, 0.2) is 24.3 Å². The van der Waals surface area contributed by atoms with Gasteiger partial charge < -0.3 is 20.1 Å². The van der Waals surface area contributed by atoms with E-state index < -0.39 is 6.10 Å². The van der Waals surface area contributed by atoms with Gasteiger partial charge >= 0.3 is 0 Å². The van der Waals surface area contributed by atoms with Crippen molar-refractivity contribution in [3.8, 4) is 5.75 Å². The summed E-state index contributed by atoms with van der Waals surface area (Å²) in [5.74, 6) is -0.208. The van der Waals surface area contributed by atoms with E-state index in [1.807, 2.05) is 12.1 Å². The van der Waals surface area contributed by atoms with Crippen LogP contribution in [0.2, 0.25) is 0 Å². The molecule has 1 saturated heterocycles. The van der Waals surface area contributed by atoms with E-state index in [9.17, 15) is 9.59 Å². The zero-order valence-corrected chi connectivity index (χ0v) is 13.0. The summed E-state index contributed by atoms with van der Waals surface area (Å²) in [4.78, 5) is 25.8. The summed E-state index contributed by atoms with van der Waals surface area (Å²) in [6, 6.07) is 7.26. The van der Waals surface area contributed by atoms with Crippen LogP contribution < -0.4 is 10.5 Å². The van der Waals surface area contributed by atoms with Gasteiger partial charge in [0.1, 0.15) is 5.75 Å². The van der Waals surface area contributed by atoms with E-state index in [-0.39, 0.29) is 17.7 Å². The van der Waals surface area contributed by atoms with E-state index in [0.717, 1.165) is 12.8 Å². The third-order valence-electron chi connectivity index (χ3n) is 4.02. The molecule has 1 heterocycles. The van der Waals surface area contributed by atoms with Gasteiger partial charge in [-0.15, -0.1) is 0 Å². The van der Waals surface area contributed by atoms with Crippen LogP contribution in [0.3, 0.4) is 0 Å². The summed E-state index contributed by atoms with van der Waals surface area (Å²) in [7, 11) is 3.05. The number of benzene rings is 1. The van der Waals surface area contributed by atoms with E-state index in [0.29, 0.717) is 24.4 Å². The second kappa shape index (κ2) is 7.26. The van der Waals surface area contributed by atoms with Crippen LogP contribution in [0.25, 0.3) is 0 Å². The Balaban J connectivity index is 2.20. The highest BCUT2D eigenvalue weighted by Gasteiger charge is 2.32. The van der Waals surface area contributed by atoms with E-state index in [4.69, 9.17) is 15.2 Å². The lowest BCUT2D eigenvalue weighted by atomic mass is 9.96. The molecule has 1 aliphatic heterocycles. The Kier molecular flexibility index (Phi) is 5.38. The normalized spacial score (nSPS) is 19.5. The molecule has 0 aromatic heterocycles. The highest BCUT2D eigenvalue weighted by molar-refractivity contribution is 5.84. The van der Waals surface area contributed by atoms with Crippen molar-refractivity contribution in [2.75, 3.05) is 27.3 Å². The molecule has 120 valence electrons. The first kappa shape index (κ1) is 16.3. The monoisotopic (exact) mass is 306 g/mol. The Morgan fingerprint density at radius 1 is 1.32 bits per heavy atom. The molecule has 0 radical (unpaired) electrons. The summed E-state index contributed by atoms with van der Waals surface area (Å²) < 4.78 is 10.7. The molecule has 0 aliphatic carbocycles. The Morgan fingerprint density at radius 3 is 2.68 bits per heavy atom. The molecule has 0 spiro atoms. The molecule has 2 rings (SSSR count). The average molecular weight is 306 g/mol. The molecule has 2 amide bonds. The van der Waals surface area contributed by atoms with Crippen molar-refractivity contribution in [2.45, 2.75) is 18.9 Å². The number of carbonyl (C=O) groups is 2. The Hall–Kier alpha value is -2.08. The number of nitrogens with zero attached hydrogens (tertiary/aromatic N) is 1. The van der Waals surface area contributed by atoms with Crippen molar-refractivity contribution < 1.29 is 19.1 Å². The molecule has 1 fully saturated rings. The number of rotatable bonds is 5. The SMILES string of the molecule is COc1ccccc1[C@@H](OC)C(=O)N1CCC[C@H](C(N)=O)C1. The van der Waals surface area contributed by atoms with Crippen LogP contribution in [0.1, 0.15) is 24.5 Å². The van der Waals surface area contributed by atoms with Crippen LogP contribution in [0, 0.1) is 5.92 Å². The number of likely N-dealkylation sites (tertiary alicyclic amines) is 1. The number of amides is 2. The Morgan fingerprint density at radius 2 is 2.05 bits per heavy atom. The topological polar surface area (TPSA) is 81.9 Å². The molecular formula is C16H22N2O4.